The minimum Gasteiger partial charge on any atom is -0.374 e. The van der Waals surface area contributed by atoms with E-state index in [0.29, 0.717) is 101 Å². The molecule has 142 heavy (non-hydrogen) atoms. The smallest absolute Gasteiger partial charge is 0.178 e. The summed E-state index contributed by atoms with van der Waals surface area (Å²) in [7, 11) is 4.34. The molecular formula is C135H273FN2O4. The molecular weight excluding hydrogens is 1730 g/mol. The average molecular weight is 2010 g/mol. The maximum Gasteiger partial charge on any atom is 0.178 e. The Balaban J connectivity index is -0.000000231. The second-order valence-corrected chi connectivity index (χ2v) is 70.0. The normalized spacial score (nSPS) is 16.3. The molecule has 0 atom stereocenters. The van der Waals surface area contributed by atoms with Crippen LogP contribution in [-0.2, 0) is 19.0 Å². The maximum atomic E-state index is 14.1. The second-order valence-electron chi connectivity index (χ2n) is 70.0. The highest BCUT2D eigenvalue weighted by atomic mass is 19.1. The van der Waals surface area contributed by atoms with E-state index in [1.54, 1.807) is 18.1 Å². The zero-order valence-corrected chi connectivity index (χ0v) is 113. The number of nitrogens with zero attached hydrogens (tertiary/aromatic N) is 2. The van der Waals surface area contributed by atoms with Gasteiger partial charge in [0.05, 0.1) is 24.5 Å². The third kappa shape index (κ3) is 58.6. The van der Waals surface area contributed by atoms with Gasteiger partial charge >= 0.3 is 0 Å². The number of para-hydroxylation sites is 1. The van der Waals surface area contributed by atoms with E-state index in [2.05, 4.69) is 481 Å². The number of allylic oxidation sites excluding steroid dienone is 3. The Morgan fingerprint density at radius 2 is 0.627 bits per heavy atom. The molecule has 854 valence electrons. The highest BCUT2D eigenvalue weighted by Crippen LogP contribution is 2.60. The van der Waals surface area contributed by atoms with Gasteiger partial charge in [0.25, 0.3) is 0 Å². The van der Waals surface area contributed by atoms with Gasteiger partial charge in [-0.15, -0.1) is 0 Å². The summed E-state index contributed by atoms with van der Waals surface area (Å²) >= 11 is 0. The highest BCUT2D eigenvalue weighted by molar-refractivity contribution is 5.95. The Labute approximate surface area is 899 Å². The monoisotopic (exact) mass is 2010 g/mol. The van der Waals surface area contributed by atoms with Crippen molar-refractivity contribution in [2.24, 2.45) is 146 Å². The number of alkyl halides is 1. The van der Waals surface area contributed by atoms with Crippen LogP contribution in [-0.4, -0.2) is 73.4 Å². The molecule has 1 aliphatic heterocycles. The van der Waals surface area contributed by atoms with Gasteiger partial charge in [-0.05, 0) is 207 Å². The van der Waals surface area contributed by atoms with E-state index in [0.717, 1.165) is 12.3 Å². The molecule has 0 N–H and O–H groups in total. The molecule has 0 amide bonds. The van der Waals surface area contributed by atoms with E-state index >= 15 is 0 Å². The fourth-order valence-electron chi connectivity index (χ4n) is 23.9. The number of benzene rings is 1. The van der Waals surface area contributed by atoms with Gasteiger partial charge in [-0.2, -0.15) is 0 Å². The fraction of sp³-hybridized carbons (Fsp3) is 0.911. The van der Waals surface area contributed by atoms with Gasteiger partial charge in [-0.1, -0.05) is 573 Å². The van der Waals surface area contributed by atoms with Crippen LogP contribution in [0.5, 0.6) is 0 Å². The summed E-state index contributed by atoms with van der Waals surface area (Å²) in [5, 5.41) is 0. The number of carbonyl (C=O) groups excluding carboxylic acids is 1. The van der Waals surface area contributed by atoms with Crippen LogP contribution in [0.4, 0.5) is 10.1 Å². The molecule has 0 radical (unpaired) electrons. The van der Waals surface area contributed by atoms with E-state index in [1.807, 2.05) is 101 Å². The number of ether oxygens (including phenoxy) is 3. The molecule has 2 saturated carbocycles. The molecule has 1 aromatic carbocycles. The second kappa shape index (κ2) is 55.1. The highest BCUT2D eigenvalue weighted by Gasteiger charge is 2.56. The summed E-state index contributed by atoms with van der Waals surface area (Å²) in [6.07, 6.45) is 15.3. The predicted molar refractivity (Wildman–Crippen MR) is 650 cm³/mol. The Kier molecular flexibility index (Phi) is 60.1. The van der Waals surface area contributed by atoms with Crippen molar-refractivity contribution in [1.82, 2.24) is 4.90 Å². The standard InChI is InChI=1S/C15H23N.C14H28.C14H26.C12H26O.C11H25N.C11H22O2.C11H24.C10H21F.C10H20.C9H18O.2C9H20/c1-14(2,3)13(15(4,5)6)16-12-10-8-7-9-11-12;1-12(2,3)14(13(4,5)6)10-8-7-9-11-14;1-13(2,3)12(14(4,5)6)11-9-7-8-10-11;1-9-13-12(8,10(2,3)4)11(5,6)7;1-10(2,3)9(12(7)8)11(4,5)6;1-9(2,3)11(10(4,5)6)12-7-8-13-11;1-9(2,3)11(7,8)10(4,5)6;1-8(2,3)10(7,11)9(4,5)6;1-8(9(2,3)4)10(5,6)7;1-8(2,3)7(10)9(4,5)6;2*1-8(2,3)7-9(4,5)6/h7-11H,1-6H3;7-11H2,1-6H3;7-10H2,1-6H3;9H2,1-8H3;9H,1-8H3;7-8H2,1-6H3;1-8H3;1-7H3;1H2,2-7H3;1-6H3;2*7H2,1-6H3. The summed E-state index contributed by atoms with van der Waals surface area (Å²) in [5.74, 6) is -0.111. The van der Waals surface area contributed by atoms with Gasteiger partial charge < -0.3 is 19.1 Å². The molecule has 6 nitrogen and oxygen atoms in total. The lowest BCUT2D eigenvalue weighted by Gasteiger charge is -2.56. The third-order valence-electron chi connectivity index (χ3n) is 30.0. The average Bonchev–Trinajstić information content (AvgIpc) is 1.44. The van der Waals surface area contributed by atoms with Gasteiger partial charge in [0.2, 0.25) is 0 Å². The van der Waals surface area contributed by atoms with Gasteiger partial charge in [-0.25, -0.2) is 4.39 Å². The van der Waals surface area contributed by atoms with Crippen LogP contribution in [0.2, 0.25) is 0 Å². The summed E-state index contributed by atoms with van der Waals surface area (Å²) < 4.78 is 31.8. The van der Waals surface area contributed by atoms with Crippen LogP contribution in [0.25, 0.3) is 0 Å². The van der Waals surface area contributed by atoms with E-state index in [1.165, 1.54) is 81.9 Å². The van der Waals surface area contributed by atoms with Crippen molar-refractivity contribution in [3.8, 4) is 0 Å². The third-order valence-corrected chi connectivity index (χ3v) is 30.0. The van der Waals surface area contributed by atoms with E-state index in [-0.39, 0.29) is 70.6 Å². The summed E-state index contributed by atoms with van der Waals surface area (Å²) in [6, 6.07) is 10.8. The zero-order chi connectivity index (χ0) is 117. The first-order valence-corrected chi connectivity index (χ1v) is 56.6. The lowest BCUT2D eigenvalue weighted by atomic mass is 9.49. The van der Waals surface area contributed by atoms with Crippen LogP contribution in [0.15, 0.2) is 58.6 Å². The molecule has 1 aromatic rings. The van der Waals surface area contributed by atoms with Crippen LogP contribution in [0.1, 0.15) is 604 Å². The number of hydrogen-bond acceptors (Lipinski definition) is 6. The van der Waals surface area contributed by atoms with E-state index < -0.39 is 11.5 Å². The molecule has 0 spiro atoms. The Hall–Kier alpha value is -2.19. The number of Topliss-reactive ketones (excluding diaryl/α,β-unsaturated/α-hetero) is 1. The first kappa shape index (κ1) is 155. The van der Waals surface area contributed by atoms with Gasteiger partial charge in [0, 0.05) is 50.9 Å². The molecule has 2 aliphatic carbocycles. The maximum absolute atomic E-state index is 14.1. The number of halogens is 1. The van der Waals surface area contributed by atoms with Gasteiger partial charge in [0.1, 0.15) is 11.5 Å². The number of hydrogen-bond donors (Lipinski definition) is 0. The lowest BCUT2D eigenvalue weighted by Crippen LogP contribution is -2.54. The first-order valence-electron chi connectivity index (χ1n) is 56.6. The van der Waals surface area contributed by atoms with Crippen molar-refractivity contribution >= 4 is 17.2 Å². The molecule has 1 saturated heterocycles. The number of rotatable bonds is 4. The SMILES string of the molecule is C=C(C(C)(C)C)C(C)(C)C.CC(C)(C)C(=C1CCCC1)C(C)(C)C.CC(C)(C)C(=Nc1ccccc1)C(C)(C)C.CC(C)(C)C(=O)C(C)(C)C.CC(C)(C)C(C)(C)C(C)(C)C.CC(C)(C)C(C)(F)C(C)(C)C.CC(C)(C)C1(C(C)(C)C)CCCCC1.CC(C)(C)C1(C(C)(C)C)OCCO1.CC(C)(C)CC(C)(C)C.CC(C)(C)CC(C)(C)C.CCOC(C)(C(C)(C)C)C(C)(C)C.CN(C)C(C(C)(C)C)C(C)(C)C. The van der Waals surface area contributed by atoms with Crippen molar-refractivity contribution in [2.45, 2.75) is 627 Å². The molecule has 3 aliphatic rings. The lowest BCUT2D eigenvalue weighted by molar-refractivity contribution is -0.279. The van der Waals surface area contributed by atoms with Crippen molar-refractivity contribution in [3.63, 3.8) is 0 Å². The molecule has 4 rings (SSSR count). The van der Waals surface area contributed by atoms with Gasteiger partial charge in [0.15, 0.2) is 5.79 Å². The van der Waals surface area contributed by atoms with E-state index in [4.69, 9.17) is 19.2 Å². The molecule has 0 unspecified atom stereocenters. The Morgan fingerprint density at radius 1 is 0.359 bits per heavy atom. The molecule has 7 heteroatoms. The molecule has 0 bridgehead atoms. The molecule has 3 fully saturated rings. The van der Waals surface area contributed by atoms with Crippen molar-refractivity contribution in [1.29, 1.82) is 0 Å². The quantitative estimate of drug-likeness (QED) is 0.222. The van der Waals surface area contributed by atoms with Crippen LogP contribution in [0, 0.1) is 141 Å². The van der Waals surface area contributed by atoms with Crippen LogP contribution in [0.3, 0.4) is 0 Å². The summed E-state index contributed by atoms with van der Waals surface area (Å²) in [6.45, 7) is 177. The first-order chi connectivity index (χ1) is 60.7. The van der Waals surface area contributed by atoms with Crippen molar-refractivity contribution < 1.29 is 23.4 Å². The Bertz CT molecular complexity index is 3380. The summed E-state index contributed by atoms with van der Waals surface area (Å²) in [5.41, 5.74) is 11.9. The summed E-state index contributed by atoms with van der Waals surface area (Å²) in [4.78, 5) is 18.6. The van der Waals surface area contributed by atoms with Crippen LogP contribution < -0.4 is 0 Å². The predicted octanol–water partition coefficient (Wildman–Crippen LogP) is 45.7. The van der Waals surface area contributed by atoms with Crippen molar-refractivity contribution in [3.05, 3.63) is 53.6 Å². The molecule has 1 heterocycles. The van der Waals surface area contributed by atoms with E-state index in [9.17, 15) is 9.18 Å². The van der Waals surface area contributed by atoms with Gasteiger partial charge in [-0.3, -0.25) is 9.79 Å². The zero-order valence-electron chi connectivity index (χ0n) is 113. The number of aliphatic imine (C=N–C) groups is 1. The number of ketones is 1. The molecule has 0 aromatic heterocycles. The Morgan fingerprint density at radius 3 is 0.739 bits per heavy atom. The topological polar surface area (TPSA) is 60.4 Å². The minimum atomic E-state index is -1.13. The largest absolute Gasteiger partial charge is 0.374 e. The van der Waals surface area contributed by atoms with Crippen LogP contribution >= 0.6 is 0 Å². The minimum absolute atomic E-state index is 0.0156. The fourth-order valence-corrected chi connectivity index (χ4v) is 23.9. The number of carbonyl (C=O) groups is 1. The van der Waals surface area contributed by atoms with Crippen molar-refractivity contribution in [2.75, 3.05) is 33.9 Å².